The van der Waals surface area contributed by atoms with Crippen molar-refractivity contribution in [1.29, 1.82) is 0 Å². The van der Waals surface area contributed by atoms with Crippen LogP contribution in [-0.2, 0) is 17.8 Å². The van der Waals surface area contributed by atoms with Crippen molar-refractivity contribution in [3.05, 3.63) is 12.2 Å². The molecule has 1 rings (SSSR count). The molecule has 0 aliphatic heterocycles. The molecule has 0 aliphatic carbocycles. The van der Waals surface area contributed by atoms with Gasteiger partial charge >= 0.3 is 0 Å². The maximum atomic E-state index is 11.5. The molecule has 0 bridgehead atoms. The molecule has 0 aliphatic rings. The van der Waals surface area contributed by atoms with Gasteiger partial charge in [-0.3, -0.25) is 9.79 Å². The van der Waals surface area contributed by atoms with Gasteiger partial charge in [0, 0.05) is 46.6 Å². The molecule has 0 radical (unpaired) electrons. The molecule has 0 aromatic carbocycles. The highest BCUT2D eigenvalue weighted by Crippen LogP contribution is 1.94. The van der Waals surface area contributed by atoms with Crippen molar-refractivity contribution in [2.75, 3.05) is 33.7 Å². The minimum atomic E-state index is 0. The van der Waals surface area contributed by atoms with Crippen LogP contribution in [0.5, 0.6) is 0 Å². The van der Waals surface area contributed by atoms with E-state index in [1.807, 2.05) is 11.5 Å². The van der Waals surface area contributed by atoms with E-state index in [-0.39, 0.29) is 29.9 Å². The Balaban J connectivity index is 0.00000484. The number of nitrogens with zero attached hydrogens (tertiary/aromatic N) is 5. The Labute approximate surface area is 155 Å². The fourth-order valence-electron chi connectivity index (χ4n) is 1.86. The first-order valence-corrected chi connectivity index (χ1v) is 7.67. The van der Waals surface area contributed by atoms with E-state index in [0.717, 1.165) is 37.8 Å². The fourth-order valence-corrected chi connectivity index (χ4v) is 1.86. The Hall–Kier alpha value is -1.39. The molecular weight excluding hydrogens is 409 g/mol. The summed E-state index contributed by atoms with van der Waals surface area (Å²) >= 11 is 0. The van der Waals surface area contributed by atoms with Crippen LogP contribution in [0.2, 0.25) is 0 Å². The third-order valence-corrected chi connectivity index (χ3v) is 3.10. The van der Waals surface area contributed by atoms with Crippen LogP contribution in [0.25, 0.3) is 0 Å². The number of amides is 1. The lowest BCUT2D eigenvalue weighted by Gasteiger charge is -2.13. The van der Waals surface area contributed by atoms with Crippen molar-refractivity contribution in [2.45, 2.75) is 33.2 Å². The minimum absolute atomic E-state index is 0. The van der Waals surface area contributed by atoms with Gasteiger partial charge in [0.15, 0.2) is 5.96 Å². The first-order chi connectivity index (χ1) is 10.6. The smallest absolute Gasteiger partial charge is 0.223 e. The summed E-state index contributed by atoms with van der Waals surface area (Å²) in [4.78, 5) is 17.5. The molecule has 1 amide bonds. The summed E-state index contributed by atoms with van der Waals surface area (Å²) in [6, 6.07) is 0. The molecular formula is C14H28IN7O. The predicted molar refractivity (Wildman–Crippen MR) is 102 cm³/mol. The second kappa shape index (κ2) is 12.1. The van der Waals surface area contributed by atoms with Crippen molar-refractivity contribution < 1.29 is 4.79 Å². The molecule has 1 aromatic rings. The van der Waals surface area contributed by atoms with Crippen LogP contribution >= 0.6 is 24.0 Å². The lowest BCUT2D eigenvalue weighted by atomic mass is 10.4. The van der Waals surface area contributed by atoms with Gasteiger partial charge in [-0.2, -0.15) is 0 Å². The van der Waals surface area contributed by atoms with Crippen molar-refractivity contribution in [2.24, 2.45) is 4.99 Å². The van der Waals surface area contributed by atoms with Crippen molar-refractivity contribution in [3.8, 4) is 0 Å². The second-order valence-electron chi connectivity index (χ2n) is 5.02. The number of guanidine groups is 1. The van der Waals surface area contributed by atoms with Gasteiger partial charge < -0.3 is 20.1 Å². The molecule has 0 saturated heterocycles. The van der Waals surface area contributed by atoms with Gasteiger partial charge in [0.1, 0.15) is 12.2 Å². The van der Waals surface area contributed by atoms with E-state index < -0.39 is 0 Å². The number of aromatic nitrogens is 3. The summed E-state index contributed by atoms with van der Waals surface area (Å²) in [7, 11) is 3.50. The predicted octanol–water partition coefficient (Wildman–Crippen LogP) is 0.492. The summed E-state index contributed by atoms with van der Waals surface area (Å²) in [6.45, 7) is 6.81. The average molecular weight is 437 g/mol. The lowest BCUT2D eigenvalue weighted by Crippen LogP contribution is -2.39. The average Bonchev–Trinajstić information content (AvgIpc) is 2.94. The standard InChI is InChI=1S/C14H27N7O.HI/c1-5-12-19-18-11-21(12)10-9-17-14(15-6-2)16-8-7-13(22)20(3)4;/h11H,5-10H2,1-4H3,(H2,15,16,17);1H. The molecule has 8 nitrogen and oxygen atoms in total. The molecule has 9 heteroatoms. The van der Waals surface area contributed by atoms with Crippen LogP contribution in [0.3, 0.4) is 0 Å². The molecule has 132 valence electrons. The van der Waals surface area contributed by atoms with Crippen LogP contribution in [-0.4, -0.2) is 65.3 Å². The van der Waals surface area contributed by atoms with Gasteiger partial charge in [-0.25, -0.2) is 0 Å². The monoisotopic (exact) mass is 437 g/mol. The van der Waals surface area contributed by atoms with Gasteiger partial charge in [-0.1, -0.05) is 6.92 Å². The number of carbonyl (C=O) groups excluding carboxylic acids is 1. The summed E-state index contributed by atoms with van der Waals surface area (Å²) in [5.74, 6) is 1.78. The van der Waals surface area contributed by atoms with E-state index in [9.17, 15) is 4.79 Å². The Morgan fingerprint density at radius 2 is 2.09 bits per heavy atom. The molecule has 23 heavy (non-hydrogen) atoms. The fraction of sp³-hybridized carbons (Fsp3) is 0.714. The highest BCUT2D eigenvalue weighted by molar-refractivity contribution is 14.0. The molecule has 0 spiro atoms. The van der Waals surface area contributed by atoms with E-state index in [1.165, 1.54) is 0 Å². The quantitative estimate of drug-likeness (QED) is 0.351. The normalized spacial score (nSPS) is 10.9. The molecule has 0 unspecified atom stereocenters. The Morgan fingerprint density at radius 3 is 2.70 bits per heavy atom. The van der Waals surface area contributed by atoms with Gasteiger partial charge in [-0.05, 0) is 6.92 Å². The van der Waals surface area contributed by atoms with E-state index in [1.54, 1.807) is 25.3 Å². The van der Waals surface area contributed by atoms with Crippen LogP contribution in [0.4, 0.5) is 0 Å². The van der Waals surface area contributed by atoms with Gasteiger partial charge in [0.05, 0.1) is 6.54 Å². The maximum Gasteiger partial charge on any atom is 0.223 e. The Bertz CT molecular complexity index is 487. The highest BCUT2D eigenvalue weighted by Gasteiger charge is 2.04. The number of carbonyl (C=O) groups is 1. The molecule has 0 saturated carbocycles. The van der Waals surface area contributed by atoms with Crippen LogP contribution in [0.15, 0.2) is 11.3 Å². The third kappa shape index (κ3) is 8.14. The largest absolute Gasteiger partial charge is 0.357 e. The molecule has 2 N–H and O–H groups in total. The molecule has 0 fully saturated rings. The van der Waals surface area contributed by atoms with Crippen LogP contribution in [0, 0.1) is 0 Å². The molecule has 0 atom stereocenters. The van der Waals surface area contributed by atoms with Crippen molar-refractivity contribution >= 4 is 35.8 Å². The van der Waals surface area contributed by atoms with E-state index in [0.29, 0.717) is 13.0 Å². The zero-order valence-electron chi connectivity index (χ0n) is 14.4. The number of aryl methyl sites for hydroxylation is 1. The van der Waals surface area contributed by atoms with Gasteiger partial charge in [0.2, 0.25) is 5.91 Å². The number of aliphatic imine (C=N–C) groups is 1. The number of rotatable bonds is 8. The number of nitrogens with one attached hydrogen (secondary N) is 2. The second-order valence-corrected chi connectivity index (χ2v) is 5.02. The number of hydrogen-bond acceptors (Lipinski definition) is 4. The van der Waals surface area contributed by atoms with Crippen molar-refractivity contribution in [3.63, 3.8) is 0 Å². The van der Waals surface area contributed by atoms with Crippen LogP contribution in [0.1, 0.15) is 26.1 Å². The van der Waals surface area contributed by atoms with Crippen LogP contribution < -0.4 is 10.6 Å². The van der Waals surface area contributed by atoms with E-state index in [4.69, 9.17) is 0 Å². The Kier molecular flexibility index (Phi) is 11.4. The summed E-state index contributed by atoms with van der Waals surface area (Å²) in [6.07, 6.45) is 3.01. The maximum absolute atomic E-state index is 11.5. The van der Waals surface area contributed by atoms with E-state index >= 15 is 0 Å². The SMILES string of the molecule is CCNC(=NCCC(=O)N(C)C)NCCn1cnnc1CC.I. The summed E-state index contributed by atoms with van der Waals surface area (Å²) < 4.78 is 2.02. The van der Waals surface area contributed by atoms with E-state index in [2.05, 4.69) is 32.7 Å². The number of hydrogen-bond donors (Lipinski definition) is 2. The highest BCUT2D eigenvalue weighted by atomic mass is 127. The topological polar surface area (TPSA) is 87.4 Å². The summed E-state index contributed by atoms with van der Waals surface area (Å²) in [5, 5.41) is 14.4. The number of halogens is 1. The first kappa shape index (κ1) is 21.6. The van der Waals surface area contributed by atoms with Crippen molar-refractivity contribution in [1.82, 2.24) is 30.3 Å². The first-order valence-electron chi connectivity index (χ1n) is 7.67. The van der Waals surface area contributed by atoms with Gasteiger partial charge in [0.25, 0.3) is 0 Å². The zero-order chi connectivity index (χ0) is 16.4. The third-order valence-electron chi connectivity index (χ3n) is 3.10. The molecule has 1 aromatic heterocycles. The minimum Gasteiger partial charge on any atom is -0.357 e. The lowest BCUT2D eigenvalue weighted by molar-refractivity contribution is -0.128. The zero-order valence-corrected chi connectivity index (χ0v) is 16.7. The summed E-state index contributed by atoms with van der Waals surface area (Å²) in [5.41, 5.74) is 0. The van der Waals surface area contributed by atoms with Gasteiger partial charge in [-0.15, -0.1) is 34.2 Å². The Morgan fingerprint density at radius 1 is 1.35 bits per heavy atom. The molecule has 1 heterocycles.